The Balaban J connectivity index is 2.13. The predicted octanol–water partition coefficient (Wildman–Crippen LogP) is 7.58. The lowest BCUT2D eigenvalue weighted by atomic mass is 9.78. The molecule has 0 bridgehead atoms. The van der Waals surface area contributed by atoms with Crippen LogP contribution < -0.4 is 5.32 Å². The summed E-state index contributed by atoms with van der Waals surface area (Å²) in [6.45, 7) is 25.8. The zero-order valence-corrected chi connectivity index (χ0v) is 25.4. The van der Waals surface area contributed by atoms with E-state index in [0.717, 1.165) is 33.4 Å². The van der Waals surface area contributed by atoms with Gasteiger partial charge in [-0.25, -0.2) is 0 Å². The van der Waals surface area contributed by atoms with Crippen molar-refractivity contribution in [3.63, 3.8) is 0 Å². The Labute approximate surface area is 225 Å². The molecule has 0 saturated carbocycles. The molecule has 0 aromatic heterocycles. The number of phenolic OH excluding ortho intramolecular Hbond substituents is 2. The number of aryl methyl sites for hydroxylation is 1. The number of carbonyl (C=O) groups is 1. The zero-order valence-electron chi connectivity index (χ0n) is 25.4. The Morgan fingerprint density at radius 2 is 0.892 bits per heavy atom. The van der Waals surface area contributed by atoms with E-state index in [2.05, 4.69) is 113 Å². The molecule has 0 aliphatic heterocycles. The van der Waals surface area contributed by atoms with E-state index >= 15 is 0 Å². The van der Waals surface area contributed by atoms with Crippen molar-refractivity contribution < 1.29 is 15.0 Å². The lowest BCUT2D eigenvalue weighted by Gasteiger charge is -2.28. The van der Waals surface area contributed by atoms with Crippen LogP contribution in [0.15, 0.2) is 24.3 Å². The lowest BCUT2D eigenvalue weighted by Crippen LogP contribution is -2.26. The summed E-state index contributed by atoms with van der Waals surface area (Å²) < 4.78 is 0. The molecule has 3 N–H and O–H groups in total. The van der Waals surface area contributed by atoms with Gasteiger partial charge in [-0.05, 0) is 67.9 Å². The third-order valence-electron chi connectivity index (χ3n) is 6.95. The predicted molar refractivity (Wildman–Crippen MR) is 156 cm³/mol. The number of nitrogens with one attached hydrogen (secondary N) is 1. The molecule has 2 aromatic carbocycles. The Morgan fingerprint density at radius 1 is 0.595 bits per heavy atom. The van der Waals surface area contributed by atoms with Gasteiger partial charge in [0.15, 0.2) is 0 Å². The number of hydrogen-bond acceptors (Lipinski definition) is 3. The van der Waals surface area contributed by atoms with Gasteiger partial charge in [0.05, 0.1) is 0 Å². The lowest BCUT2D eigenvalue weighted by molar-refractivity contribution is -0.121. The van der Waals surface area contributed by atoms with Crippen LogP contribution >= 0.6 is 0 Å². The number of aromatic hydroxyl groups is 2. The van der Waals surface area contributed by atoms with Crippen LogP contribution in [0.1, 0.15) is 123 Å². The second kappa shape index (κ2) is 10.7. The van der Waals surface area contributed by atoms with Gasteiger partial charge in [0.25, 0.3) is 0 Å². The van der Waals surface area contributed by atoms with Crippen LogP contribution in [0, 0.1) is 0 Å². The zero-order chi connectivity index (χ0) is 28.6. The molecule has 0 spiro atoms. The third kappa shape index (κ3) is 7.99. The first-order valence-electron chi connectivity index (χ1n) is 13.6. The average Bonchev–Trinajstić information content (AvgIpc) is 2.70. The summed E-state index contributed by atoms with van der Waals surface area (Å²) in [5.41, 5.74) is 5.20. The molecule has 1 amide bonds. The molecular weight excluding hydrogens is 458 g/mol. The molecule has 0 heterocycles. The van der Waals surface area contributed by atoms with Gasteiger partial charge in [-0.15, -0.1) is 0 Å². The minimum absolute atomic E-state index is 0.0218. The fourth-order valence-electron chi connectivity index (χ4n) is 4.66. The topological polar surface area (TPSA) is 69.6 Å². The fraction of sp³-hybridized carbons (Fsp3) is 0.606. The summed E-state index contributed by atoms with van der Waals surface area (Å²) in [7, 11) is 0. The van der Waals surface area contributed by atoms with Crippen molar-refractivity contribution in [1.29, 1.82) is 0 Å². The molecule has 2 rings (SSSR count). The van der Waals surface area contributed by atoms with Crippen LogP contribution in [0.4, 0.5) is 0 Å². The number of phenols is 2. The van der Waals surface area contributed by atoms with Crippen LogP contribution in [0.5, 0.6) is 11.5 Å². The van der Waals surface area contributed by atoms with Gasteiger partial charge >= 0.3 is 0 Å². The Morgan fingerprint density at radius 3 is 1.19 bits per heavy atom. The number of rotatable bonds is 6. The van der Waals surface area contributed by atoms with E-state index < -0.39 is 0 Å². The minimum Gasteiger partial charge on any atom is -0.507 e. The highest BCUT2D eigenvalue weighted by Crippen LogP contribution is 2.41. The molecular formula is C33H51NO3. The van der Waals surface area contributed by atoms with Crippen molar-refractivity contribution in [1.82, 2.24) is 5.32 Å². The van der Waals surface area contributed by atoms with Gasteiger partial charge in [0, 0.05) is 13.0 Å². The number of hydrogen-bond donors (Lipinski definition) is 3. The summed E-state index contributed by atoms with van der Waals surface area (Å²) in [6.07, 6.45) is 1.73. The molecule has 37 heavy (non-hydrogen) atoms. The molecule has 0 unspecified atom stereocenters. The third-order valence-corrected chi connectivity index (χ3v) is 6.95. The summed E-state index contributed by atoms with van der Waals surface area (Å²) >= 11 is 0. The Kier molecular flexibility index (Phi) is 8.89. The molecule has 0 aliphatic rings. The first-order valence-corrected chi connectivity index (χ1v) is 13.6. The molecule has 0 fully saturated rings. The van der Waals surface area contributed by atoms with Gasteiger partial charge in [-0.3, -0.25) is 4.79 Å². The number of carbonyl (C=O) groups excluding carboxylic acids is 1. The molecule has 0 saturated heterocycles. The van der Waals surface area contributed by atoms with Crippen molar-refractivity contribution in [2.45, 2.75) is 124 Å². The van der Waals surface area contributed by atoms with Gasteiger partial charge in [-0.2, -0.15) is 0 Å². The highest BCUT2D eigenvalue weighted by atomic mass is 16.3. The van der Waals surface area contributed by atoms with Crippen molar-refractivity contribution >= 4 is 5.91 Å². The smallest absolute Gasteiger partial charge is 0.220 e. The molecule has 0 radical (unpaired) electrons. The Hall–Kier alpha value is -2.49. The summed E-state index contributed by atoms with van der Waals surface area (Å²) in [4.78, 5) is 12.7. The van der Waals surface area contributed by atoms with Gasteiger partial charge in [0.1, 0.15) is 11.5 Å². The second-order valence-electron chi connectivity index (χ2n) is 14.7. The Bertz CT molecular complexity index is 1050. The highest BCUT2D eigenvalue weighted by molar-refractivity contribution is 5.76. The number of amides is 1. The largest absolute Gasteiger partial charge is 0.507 e. The maximum Gasteiger partial charge on any atom is 0.220 e. The van der Waals surface area contributed by atoms with Crippen LogP contribution in [0.25, 0.3) is 0 Å². The average molecular weight is 510 g/mol. The normalized spacial score (nSPS) is 13.1. The first-order chi connectivity index (χ1) is 16.6. The summed E-state index contributed by atoms with van der Waals surface area (Å²) in [5.74, 6) is 0.769. The SMILES string of the molecule is CC(C)(C)c1cc(CCNC(=O)CCc2cc(C(C)(C)C)c(O)c(C(C)(C)C)c2)cc(C(C)(C)C)c1O. The monoisotopic (exact) mass is 509 g/mol. The van der Waals surface area contributed by atoms with Gasteiger partial charge in [-0.1, -0.05) is 107 Å². The molecule has 0 atom stereocenters. The molecule has 206 valence electrons. The van der Waals surface area contributed by atoms with E-state index in [-0.39, 0.29) is 27.6 Å². The number of benzene rings is 2. The van der Waals surface area contributed by atoms with E-state index in [0.29, 0.717) is 37.3 Å². The van der Waals surface area contributed by atoms with E-state index in [9.17, 15) is 15.0 Å². The van der Waals surface area contributed by atoms with E-state index in [4.69, 9.17) is 0 Å². The van der Waals surface area contributed by atoms with Gasteiger partial charge in [0.2, 0.25) is 5.91 Å². The van der Waals surface area contributed by atoms with Crippen LogP contribution in [0.3, 0.4) is 0 Å². The molecule has 4 heteroatoms. The second-order valence-corrected chi connectivity index (χ2v) is 14.7. The minimum atomic E-state index is -0.190. The van der Waals surface area contributed by atoms with E-state index in [1.165, 1.54) is 0 Å². The van der Waals surface area contributed by atoms with Crippen molar-refractivity contribution in [3.8, 4) is 11.5 Å². The molecule has 4 nitrogen and oxygen atoms in total. The first kappa shape index (κ1) is 30.7. The quantitative estimate of drug-likeness (QED) is 0.376. The summed E-state index contributed by atoms with van der Waals surface area (Å²) in [6, 6.07) is 8.26. The van der Waals surface area contributed by atoms with E-state index in [1.54, 1.807) is 0 Å². The van der Waals surface area contributed by atoms with Crippen LogP contribution in [0.2, 0.25) is 0 Å². The molecule has 2 aromatic rings. The maximum atomic E-state index is 12.7. The fourth-order valence-corrected chi connectivity index (χ4v) is 4.66. The standard InChI is InChI=1S/C33H51NO3/c1-30(2,3)23-17-21(18-24(28(23)36)31(4,5)6)13-14-27(35)34-16-15-22-19-25(32(7,8)9)29(37)26(20-22)33(10,11)12/h17-20,36-37H,13-16H2,1-12H3,(H,34,35). The molecule has 0 aliphatic carbocycles. The van der Waals surface area contributed by atoms with Crippen molar-refractivity contribution in [3.05, 3.63) is 57.6 Å². The highest BCUT2D eigenvalue weighted by Gasteiger charge is 2.28. The van der Waals surface area contributed by atoms with Crippen LogP contribution in [-0.2, 0) is 39.3 Å². The van der Waals surface area contributed by atoms with Crippen LogP contribution in [-0.4, -0.2) is 22.7 Å². The van der Waals surface area contributed by atoms with E-state index in [1.807, 2.05) is 0 Å². The van der Waals surface area contributed by atoms with Crippen molar-refractivity contribution in [2.75, 3.05) is 6.54 Å². The van der Waals surface area contributed by atoms with Gasteiger partial charge < -0.3 is 15.5 Å². The maximum absolute atomic E-state index is 12.7. The van der Waals surface area contributed by atoms with Crippen molar-refractivity contribution in [2.24, 2.45) is 0 Å². The summed E-state index contributed by atoms with van der Waals surface area (Å²) in [5, 5.41) is 25.0.